The molecule has 0 aliphatic carbocycles. The van der Waals surface area contributed by atoms with E-state index in [9.17, 15) is 0 Å². The normalized spacial score (nSPS) is 11.0. The van der Waals surface area contributed by atoms with Crippen LogP contribution in [0.25, 0.3) is 0 Å². The predicted molar refractivity (Wildman–Crippen MR) is 85.4 cm³/mol. The summed E-state index contributed by atoms with van der Waals surface area (Å²) in [7, 11) is 0. The standard InChI is InChI=1S/C14H28N6O/c1-6-11(7-2)9-20(8-3)13-16-12(19-15)17-14(18-13)21-10(4)5/h10-11H,6-9,15H2,1-5H3,(H,16,17,18,19). The molecular weight excluding hydrogens is 268 g/mol. The minimum atomic E-state index is -0.0000156. The van der Waals surface area contributed by atoms with Gasteiger partial charge in [-0.05, 0) is 26.7 Å². The molecule has 0 aliphatic heterocycles. The Balaban J connectivity index is 3.01. The van der Waals surface area contributed by atoms with Crippen molar-refractivity contribution in [1.82, 2.24) is 15.0 Å². The highest BCUT2D eigenvalue weighted by Gasteiger charge is 2.16. The van der Waals surface area contributed by atoms with Gasteiger partial charge in [0.1, 0.15) is 0 Å². The van der Waals surface area contributed by atoms with Gasteiger partial charge in [-0.15, -0.1) is 0 Å². The van der Waals surface area contributed by atoms with Crippen molar-refractivity contribution in [3.8, 4) is 6.01 Å². The zero-order chi connectivity index (χ0) is 15.8. The Labute approximate surface area is 127 Å². The number of rotatable bonds is 9. The first kappa shape index (κ1) is 17.4. The molecule has 7 heteroatoms. The Morgan fingerprint density at radius 1 is 1.14 bits per heavy atom. The first-order valence-corrected chi connectivity index (χ1v) is 7.68. The number of aromatic nitrogens is 3. The summed E-state index contributed by atoms with van der Waals surface area (Å²) in [5.74, 6) is 6.97. The van der Waals surface area contributed by atoms with Gasteiger partial charge < -0.3 is 9.64 Å². The van der Waals surface area contributed by atoms with Gasteiger partial charge in [0.05, 0.1) is 6.10 Å². The van der Waals surface area contributed by atoms with Crippen LogP contribution in [0.4, 0.5) is 11.9 Å². The first-order valence-electron chi connectivity index (χ1n) is 7.68. The Bertz CT molecular complexity index is 422. The van der Waals surface area contributed by atoms with E-state index in [1.807, 2.05) is 13.8 Å². The second-order valence-corrected chi connectivity index (χ2v) is 5.27. The zero-order valence-corrected chi connectivity index (χ0v) is 13.8. The molecule has 0 bridgehead atoms. The molecule has 0 saturated carbocycles. The molecule has 0 unspecified atom stereocenters. The number of hydrogen-bond donors (Lipinski definition) is 2. The van der Waals surface area contributed by atoms with Crippen LogP contribution in [0.3, 0.4) is 0 Å². The monoisotopic (exact) mass is 296 g/mol. The van der Waals surface area contributed by atoms with Crippen molar-refractivity contribution in [3.05, 3.63) is 0 Å². The van der Waals surface area contributed by atoms with Crippen LogP contribution in [0.2, 0.25) is 0 Å². The van der Waals surface area contributed by atoms with E-state index >= 15 is 0 Å². The molecule has 1 heterocycles. The molecule has 1 rings (SSSR count). The molecule has 7 nitrogen and oxygen atoms in total. The Morgan fingerprint density at radius 2 is 1.81 bits per heavy atom. The van der Waals surface area contributed by atoms with Gasteiger partial charge in [-0.3, -0.25) is 5.43 Å². The second kappa shape index (κ2) is 8.61. The lowest BCUT2D eigenvalue weighted by Crippen LogP contribution is -2.31. The van der Waals surface area contributed by atoms with Crippen LogP contribution in [-0.2, 0) is 0 Å². The number of nitrogens with two attached hydrogens (primary N) is 1. The first-order chi connectivity index (χ1) is 10.0. The summed E-state index contributed by atoms with van der Waals surface area (Å²) in [6.45, 7) is 12.1. The number of anilines is 2. The molecule has 0 spiro atoms. The van der Waals surface area contributed by atoms with Gasteiger partial charge in [-0.25, -0.2) is 5.84 Å². The summed E-state index contributed by atoms with van der Waals surface area (Å²) in [6.07, 6.45) is 2.27. The van der Waals surface area contributed by atoms with Gasteiger partial charge >= 0.3 is 6.01 Å². The third-order valence-corrected chi connectivity index (χ3v) is 3.37. The quantitative estimate of drug-likeness (QED) is 0.533. The smallest absolute Gasteiger partial charge is 0.323 e. The molecule has 1 aromatic rings. The molecule has 0 radical (unpaired) electrons. The summed E-state index contributed by atoms with van der Waals surface area (Å²) >= 11 is 0. The van der Waals surface area contributed by atoms with Crippen molar-refractivity contribution in [2.75, 3.05) is 23.4 Å². The van der Waals surface area contributed by atoms with Gasteiger partial charge in [-0.2, -0.15) is 15.0 Å². The average Bonchev–Trinajstić information content (AvgIpc) is 2.47. The lowest BCUT2D eigenvalue weighted by atomic mass is 10.0. The highest BCUT2D eigenvalue weighted by Crippen LogP contribution is 2.18. The molecule has 120 valence electrons. The van der Waals surface area contributed by atoms with Crippen LogP contribution >= 0.6 is 0 Å². The maximum Gasteiger partial charge on any atom is 0.323 e. The molecule has 3 N–H and O–H groups in total. The minimum absolute atomic E-state index is 0.0000156. The van der Waals surface area contributed by atoms with E-state index in [-0.39, 0.29) is 6.10 Å². The highest BCUT2D eigenvalue weighted by molar-refractivity contribution is 5.37. The fourth-order valence-corrected chi connectivity index (χ4v) is 2.03. The van der Waals surface area contributed by atoms with E-state index in [1.165, 1.54) is 0 Å². The van der Waals surface area contributed by atoms with Gasteiger partial charge in [-0.1, -0.05) is 26.7 Å². The number of hydrogen-bond acceptors (Lipinski definition) is 7. The number of nitrogens with one attached hydrogen (secondary N) is 1. The van der Waals surface area contributed by atoms with E-state index in [2.05, 4.69) is 46.0 Å². The van der Waals surface area contributed by atoms with E-state index in [0.717, 1.165) is 25.9 Å². The molecule has 0 amide bonds. The van der Waals surface area contributed by atoms with Crippen molar-refractivity contribution >= 4 is 11.9 Å². The Hall–Kier alpha value is -1.63. The van der Waals surface area contributed by atoms with Crippen LogP contribution in [0.15, 0.2) is 0 Å². The number of nitrogens with zero attached hydrogens (tertiary/aromatic N) is 4. The number of hydrazine groups is 1. The Morgan fingerprint density at radius 3 is 2.29 bits per heavy atom. The third kappa shape index (κ3) is 5.34. The van der Waals surface area contributed by atoms with E-state index in [1.54, 1.807) is 0 Å². The largest absolute Gasteiger partial charge is 0.461 e. The fourth-order valence-electron chi connectivity index (χ4n) is 2.03. The van der Waals surface area contributed by atoms with E-state index in [0.29, 0.717) is 23.8 Å². The maximum absolute atomic E-state index is 5.57. The van der Waals surface area contributed by atoms with E-state index in [4.69, 9.17) is 10.6 Å². The predicted octanol–water partition coefficient (Wildman–Crippen LogP) is 2.21. The number of nitrogen functional groups attached to an aromatic ring is 1. The van der Waals surface area contributed by atoms with Gasteiger partial charge in [0, 0.05) is 13.1 Å². The summed E-state index contributed by atoms with van der Waals surface area (Å²) in [4.78, 5) is 15.0. The van der Waals surface area contributed by atoms with Crippen molar-refractivity contribution < 1.29 is 4.74 Å². The van der Waals surface area contributed by atoms with Gasteiger partial charge in [0.15, 0.2) is 0 Å². The lowest BCUT2D eigenvalue weighted by molar-refractivity contribution is 0.222. The van der Waals surface area contributed by atoms with Crippen LogP contribution in [0.5, 0.6) is 6.01 Å². The Kier molecular flexibility index (Phi) is 7.14. The maximum atomic E-state index is 5.57. The van der Waals surface area contributed by atoms with Gasteiger partial charge in [0.2, 0.25) is 11.9 Å². The minimum Gasteiger partial charge on any atom is -0.461 e. The third-order valence-electron chi connectivity index (χ3n) is 3.37. The summed E-state index contributed by atoms with van der Waals surface area (Å²) in [5.41, 5.74) is 2.47. The van der Waals surface area contributed by atoms with Crippen molar-refractivity contribution in [2.24, 2.45) is 11.8 Å². The van der Waals surface area contributed by atoms with Crippen LogP contribution in [0, 0.1) is 5.92 Å². The van der Waals surface area contributed by atoms with Crippen LogP contribution in [-0.4, -0.2) is 34.1 Å². The summed E-state index contributed by atoms with van der Waals surface area (Å²) in [6, 6.07) is 0.297. The second-order valence-electron chi connectivity index (χ2n) is 5.27. The van der Waals surface area contributed by atoms with Crippen LogP contribution < -0.4 is 20.9 Å². The van der Waals surface area contributed by atoms with Crippen LogP contribution in [0.1, 0.15) is 47.5 Å². The van der Waals surface area contributed by atoms with E-state index < -0.39 is 0 Å². The fraction of sp³-hybridized carbons (Fsp3) is 0.786. The molecule has 0 saturated heterocycles. The molecule has 0 fully saturated rings. The topological polar surface area (TPSA) is 89.2 Å². The molecular formula is C14H28N6O. The highest BCUT2D eigenvalue weighted by atomic mass is 16.5. The summed E-state index contributed by atoms with van der Waals surface area (Å²) < 4.78 is 5.57. The molecule has 1 aromatic heterocycles. The molecule has 0 aliphatic rings. The SMILES string of the molecule is CCC(CC)CN(CC)c1nc(NN)nc(OC(C)C)n1. The average molecular weight is 296 g/mol. The molecule has 21 heavy (non-hydrogen) atoms. The van der Waals surface area contributed by atoms with Gasteiger partial charge in [0.25, 0.3) is 0 Å². The zero-order valence-electron chi connectivity index (χ0n) is 13.8. The van der Waals surface area contributed by atoms with Crippen molar-refractivity contribution in [1.29, 1.82) is 0 Å². The summed E-state index contributed by atoms with van der Waals surface area (Å²) in [5, 5.41) is 0. The van der Waals surface area contributed by atoms with Crippen molar-refractivity contribution in [2.45, 2.75) is 53.6 Å². The number of ether oxygens (including phenoxy) is 1. The molecule has 0 atom stereocenters. The lowest BCUT2D eigenvalue weighted by Gasteiger charge is -2.25. The van der Waals surface area contributed by atoms with Crippen molar-refractivity contribution in [3.63, 3.8) is 0 Å². The molecule has 0 aromatic carbocycles.